The second-order valence-electron chi connectivity index (χ2n) is 4.60. The summed E-state index contributed by atoms with van der Waals surface area (Å²) in [5.74, 6) is -0.0627. The van der Waals surface area contributed by atoms with Crippen molar-refractivity contribution in [2.45, 2.75) is 5.88 Å². The van der Waals surface area contributed by atoms with Crippen LogP contribution in [0.5, 0.6) is 0 Å². The summed E-state index contributed by atoms with van der Waals surface area (Å²) in [6.45, 7) is 1.95. The Morgan fingerprint density at radius 1 is 1.21 bits per heavy atom. The molecule has 0 radical (unpaired) electrons. The van der Waals surface area contributed by atoms with Gasteiger partial charge in [-0.1, -0.05) is 0 Å². The minimum Gasteiger partial charge on any atom is -0.369 e. The molecular weight excluding hydrogens is 291 g/mol. The van der Waals surface area contributed by atoms with Gasteiger partial charge in [0.2, 0.25) is 10.0 Å². The van der Waals surface area contributed by atoms with Gasteiger partial charge in [0.1, 0.15) is 5.82 Å². The van der Waals surface area contributed by atoms with Crippen molar-refractivity contribution in [1.82, 2.24) is 4.31 Å². The molecular formula is C12H16ClFN2O2S. The predicted molar refractivity (Wildman–Crippen MR) is 74.6 cm³/mol. The van der Waals surface area contributed by atoms with Gasteiger partial charge in [0.15, 0.2) is 0 Å². The zero-order valence-corrected chi connectivity index (χ0v) is 12.2. The van der Waals surface area contributed by atoms with Crippen molar-refractivity contribution >= 4 is 27.3 Å². The second kappa shape index (κ2) is 5.64. The van der Waals surface area contributed by atoms with E-state index in [1.54, 1.807) is 0 Å². The molecule has 0 unspecified atom stereocenters. The number of hydrogen-bond acceptors (Lipinski definition) is 3. The molecule has 0 amide bonds. The van der Waals surface area contributed by atoms with E-state index in [0.717, 1.165) is 11.3 Å². The maximum Gasteiger partial charge on any atom is 0.211 e. The molecule has 1 aliphatic rings. The predicted octanol–water partition coefficient (Wildman–Crippen LogP) is 1.65. The molecule has 1 heterocycles. The molecule has 7 heteroatoms. The highest BCUT2D eigenvalue weighted by Gasteiger charge is 2.23. The van der Waals surface area contributed by atoms with E-state index in [0.29, 0.717) is 26.2 Å². The molecule has 0 atom stereocenters. The summed E-state index contributed by atoms with van der Waals surface area (Å²) in [6, 6.07) is 4.70. The summed E-state index contributed by atoms with van der Waals surface area (Å²) >= 11 is 5.72. The van der Waals surface area contributed by atoms with E-state index in [1.807, 2.05) is 11.0 Å². The van der Waals surface area contributed by atoms with Crippen LogP contribution in [0.2, 0.25) is 0 Å². The van der Waals surface area contributed by atoms with Gasteiger partial charge in [-0.15, -0.1) is 11.6 Å². The van der Waals surface area contributed by atoms with Crippen LogP contribution in [0, 0.1) is 5.82 Å². The fourth-order valence-corrected chi connectivity index (χ4v) is 3.15. The average Bonchev–Trinajstić information content (AvgIpc) is 2.37. The number of rotatable bonds is 3. The summed E-state index contributed by atoms with van der Waals surface area (Å²) in [5.41, 5.74) is 1.48. The van der Waals surface area contributed by atoms with E-state index in [2.05, 4.69) is 0 Å². The molecule has 106 valence electrons. The van der Waals surface area contributed by atoms with Gasteiger partial charge in [-0.3, -0.25) is 0 Å². The van der Waals surface area contributed by atoms with Crippen molar-refractivity contribution in [3.8, 4) is 0 Å². The van der Waals surface area contributed by atoms with Crippen LogP contribution < -0.4 is 4.90 Å². The number of piperazine rings is 1. The van der Waals surface area contributed by atoms with E-state index < -0.39 is 10.0 Å². The molecule has 19 heavy (non-hydrogen) atoms. The Morgan fingerprint density at radius 2 is 1.84 bits per heavy atom. The van der Waals surface area contributed by atoms with Crippen molar-refractivity contribution in [3.05, 3.63) is 29.6 Å². The number of alkyl halides is 1. The molecule has 1 aromatic rings. The summed E-state index contributed by atoms with van der Waals surface area (Å²) in [6.07, 6.45) is 1.20. The average molecular weight is 307 g/mol. The third-order valence-electron chi connectivity index (χ3n) is 3.17. The normalized spacial score (nSPS) is 17.7. The Labute approximate surface area is 117 Å². The molecule has 1 aliphatic heterocycles. The number of halogens is 2. The van der Waals surface area contributed by atoms with Crippen LogP contribution in [-0.2, 0) is 15.9 Å². The molecule has 0 bridgehead atoms. The SMILES string of the molecule is CS(=O)(=O)N1CCN(c2cc(F)cc(CCl)c2)CC1. The van der Waals surface area contributed by atoms with Crippen LogP contribution in [-0.4, -0.2) is 45.2 Å². The highest BCUT2D eigenvalue weighted by atomic mass is 35.5. The van der Waals surface area contributed by atoms with E-state index in [9.17, 15) is 12.8 Å². The van der Waals surface area contributed by atoms with Crippen molar-refractivity contribution < 1.29 is 12.8 Å². The zero-order chi connectivity index (χ0) is 14.0. The van der Waals surface area contributed by atoms with E-state index in [4.69, 9.17) is 11.6 Å². The molecule has 1 aromatic carbocycles. The van der Waals surface area contributed by atoms with Crippen LogP contribution >= 0.6 is 11.6 Å². The summed E-state index contributed by atoms with van der Waals surface area (Å²) in [7, 11) is -3.14. The highest BCUT2D eigenvalue weighted by Crippen LogP contribution is 2.21. The first kappa shape index (κ1) is 14.6. The van der Waals surface area contributed by atoms with Crippen molar-refractivity contribution in [2.75, 3.05) is 37.3 Å². The van der Waals surface area contributed by atoms with Gasteiger partial charge in [0, 0.05) is 37.7 Å². The lowest BCUT2D eigenvalue weighted by atomic mass is 10.2. The monoisotopic (exact) mass is 306 g/mol. The number of nitrogens with zero attached hydrogens (tertiary/aromatic N) is 2. The lowest BCUT2D eigenvalue weighted by Crippen LogP contribution is -2.48. The minimum atomic E-state index is -3.14. The van der Waals surface area contributed by atoms with Crippen molar-refractivity contribution in [3.63, 3.8) is 0 Å². The summed E-state index contributed by atoms with van der Waals surface area (Å²) in [4.78, 5) is 1.97. The lowest BCUT2D eigenvalue weighted by Gasteiger charge is -2.34. The molecule has 0 spiro atoms. The van der Waals surface area contributed by atoms with Gasteiger partial charge in [-0.2, -0.15) is 4.31 Å². The molecule has 0 aliphatic carbocycles. The topological polar surface area (TPSA) is 40.6 Å². The first-order chi connectivity index (χ1) is 8.90. The molecule has 0 saturated carbocycles. The van der Waals surface area contributed by atoms with Gasteiger partial charge in [0.25, 0.3) is 0 Å². The van der Waals surface area contributed by atoms with E-state index in [1.165, 1.54) is 22.7 Å². The van der Waals surface area contributed by atoms with Crippen molar-refractivity contribution in [2.24, 2.45) is 0 Å². The Bertz CT molecular complexity index is 557. The van der Waals surface area contributed by atoms with Crippen molar-refractivity contribution in [1.29, 1.82) is 0 Å². The Morgan fingerprint density at radius 3 is 2.37 bits per heavy atom. The molecule has 1 fully saturated rings. The van der Waals surface area contributed by atoms with Crippen LogP contribution in [0.25, 0.3) is 0 Å². The lowest BCUT2D eigenvalue weighted by molar-refractivity contribution is 0.388. The number of hydrogen-bond donors (Lipinski definition) is 0. The maximum absolute atomic E-state index is 13.4. The van der Waals surface area contributed by atoms with Crippen LogP contribution in [0.1, 0.15) is 5.56 Å². The largest absolute Gasteiger partial charge is 0.369 e. The van der Waals surface area contributed by atoms with E-state index >= 15 is 0 Å². The molecule has 0 aromatic heterocycles. The van der Waals surface area contributed by atoms with Gasteiger partial charge in [0.05, 0.1) is 6.26 Å². The molecule has 0 N–H and O–H groups in total. The fourth-order valence-electron chi connectivity index (χ4n) is 2.17. The molecule has 4 nitrogen and oxygen atoms in total. The zero-order valence-electron chi connectivity index (χ0n) is 10.6. The first-order valence-corrected chi connectivity index (χ1v) is 8.34. The smallest absolute Gasteiger partial charge is 0.211 e. The van der Waals surface area contributed by atoms with E-state index in [-0.39, 0.29) is 11.7 Å². The van der Waals surface area contributed by atoms with Crippen LogP contribution in [0.4, 0.5) is 10.1 Å². The van der Waals surface area contributed by atoms with Gasteiger partial charge >= 0.3 is 0 Å². The Kier molecular flexibility index (Phi) is 4.32. The summed E-state index contributed by atoms with van der Waals surface area (Å²) in [5, 5.41) is 0. The van der Waals surface area contributed by atoms with Gasteiger partial charge in [-0.25, -0.2) is 12.8 Å². The quantitative estimate of drug-likeness (QED) is 0.797. The Hall–Kier alpha value is -0.850. The van der Waals surface area contributed by atoms with Gasteiger partial charge in [-0.05, 0) is 23.8 Å². The van der Waals surface area contributed by atoms with Crippen LogP contribution in [0.3, 0.4) is 0 Å². The van der Waals surface area contributed by atoms with Gasteiger partial charge < -0.3 is 4.90 Å². The summed E-state index contributed by atoms with van der Waals surface area (Å²) < 4.78 is 37.7. The molecule has 1 saturated heterocycles. The Balaban J connectivity index is 2.11. The maximum atomic E-state index is 13.4. The molecule has 2 rings (SSSR count). The van der Waals surface area contributed by atoms with Crippen LogP contribution in [0.15, 0.2) is 18.2 Å². The number of benzene rings is 1. The standard InChI is InChI=1S/C12H16ClFN2O2S/c1-19(17,18)16-4-2-15(3-5-16)12-7-10(9-13)6-11(14)8-12/h6-8H,2-5,9H2,1H3. The third-order valence-corrected chi connectivity index (χ3v) is 4.78. The number of anilines is 1. The second-order valence-corrected chi connectivity index (χ2v) is 6.85. The minimum absolute atomic E-state index is 0.258. The fraction of sp³-hybridized carbons (Fsp3) is 0.500. The third kappa shape index (κ3) is 3.58. The first-order valence-electron chi connectivity index (χ1n) is 5.95. The number of sulfonamides is 1. The highest BCUT2D eigenvalue weighted by molar-refractivity contribution is 7.88.